The molecule has 19 heavy (non-hydrogen) atoms. The van der Waals surface area contributed by atoms with Crippen molar-refractivity contribution < 1.29 is 19.0 Å². The van der Waals surface area contributed by atoms with Crippen LogP contribution in [0.3, 0.4) is 0 Å². The van der Waals surface area contributed by atoms with Gasteiger partial charge in [0, 0.05) is 6.54 Å². The summed E-state index contributed by atoms with van der Waals surface area (Å²) in [5.74, 6) is -0.0579. The fourth-order valence-electron chi connectivity index (χ4n) is 1.70. The van der Waals surface area contributed by atoms with Crippen molar-refractivity contribution in [2.24, 2.45) is 5.92 Å². The minimum atomic E-state index is -0.914. The first-order chi connectivity index (χ1) is 9.15. The van der Waals surface area contributed by atoms with E-state index in [2.05, 4.69) is 5.32 Å². The maximum Gasteiger partial charge on any atom is 0.246 e. The zero-order valence-electron chi connectivity index (χ0n) is 10.6. The van der Waals surface area contributed by atoms with Crippen LogP contribution in [0.5, 0.6) is 0 Å². The number of hydrogen-bond donors (Lipinski definition) is 2. The molecular weight excluding hydrogens is 249 g/mol. The third-order valence-corrected chi connectivity index (χ3v) is 3.01. The molecule has 1 unspecified atom stereocenters. The molecule has 0 bridgehead atoms. The predicted octanol–water partition coefficient (Wildman–Crippen LogP) is 1.40. The second-order valence-corrected chi connectivity index (χ2v) is 4.83. The SMILES string of the molecule is O=C(COCC1CC1)NCC(O)c1cccc(F)c1. The Hall–Kier alpha value is -1.46. The van der Waals surface area contributed by atoms with Crippen molar-refractivity contribution in [1.29, 1.82) is 0 Å². The molecule has 0 aromatic heterocycles. The topological polar surface area (TPSA) is 58.6 Å². The van der Waals surface area contributed by atoms with Gasteiger partial charge >= 0.3 is 0 Å². The first-order valence-electron chi connectivity index (χ1n) is 6.43. The normalized spacial score (nSPS) is 16.1. The standard InChI is InChI=1S/C14H18FNO3/c15-12-3-1-2-11(6-12)13(17)7-16-14(18)9-19-8-10-4-5-10/h1-3,6,10,13,17H,4-5,7-9H2,(H,16,18). The molecule has 5 heteroatoms. The van der Waals surface area contributed by atoms with Crippen LogP contribution in [-0.2, 0) is 9.53 Å². The fourth-order valence-corrected chi connectivity index (χ4v) is 1.70. The number of hydrogen-bond acceptors (Lipinski definition) is 3. The van der Waals surface area contributed by atoms with E-state index in [1.54, 1.807) is 6.07 Å². The molecule has 4 nitrogen and oxygen atoms in total. The van der Waals surface area contributed by atoms with E-state index >= 15 is 0 Å². The van der Waals surface area contributed by atoms with Crippen molar-refractivity contribution in [3.63, 3.8) is 0 Å². The largest absolute Gasteiger partial charge is 0.387 e. The van der Waals surface area contributed by atoms with E-state index in [9.17, 15) is 14.3 Å². The van der Waals surface area contributed by atoms with Crippen molar-refractivity contribution >= 4 is 5.91 Å². The lowest BCUT2D eigenvalue weighted by Gasteiger charge is -2.12. The summed E-state index contributed by atoms with van der Waals surface area (Å²) < 4.78 is 18.2. The predicted molar refractivity (Wildman–Crippen MR) is 67.9 cm³/mol. The number of ether oxygens (including phenoxy) is 1. The van der Waals surface area contributed by atoms with Crippen molar-refractivity contribution in [2.75, 3.05) is 19.8 Å². The van der Waals surface area contributed by atoms with Crippen LogP contribution in [0.1, 0.15) is 24.5 Å². The van der Waals surface area contributed by atoms with Crippen LogP contribution in [0.2, 0.25) is 0 Å². The van der Waals surface area contributed by atoms with Gasteiger partial charge in [-0.15, -0.1) is 0 Å². The molecule has 1 saturated carbocycles. The molecule has 2 N–H and O–H groups in total. The summed E-state index contributed by atoms with van der Waals surface area (Å²) >= 11 is 0. The van der Waals surface area contributed by atoms with Gasteiger partial charge in [0.25, 0.3) is 0 Å². The van der Waals surface area contributed by atoms with E-state index < -0.39 is 11.9 Å². The second kappa shape index (κ2) is 6.63. The Morgan fingerprint density at radius 3 is 3.00 bits per heavy atom. The Kier molecular flexibility index (Phi) is 4.87. The van der Waals surface area contributed by atoms with Crippen LogP contribution >= 0.6 is 0 Å². The first-order valence-corrected chi connectivity index (χ1v) is 6.43. The number of carbonyl (C=O) groups is 1. The zero-order chi connectivity index (χ0) is 13.7. The molecule has 1 aromatic rings. The van der Waals surface area contributed by atoms with Crippen LogP contribution in [0.4, 0.5) is 4.39 Å². The first kappa shape index (κ1) is 14.0. The van der Waals surface area contributed by atoms with Crippen molar-refractivity contribution in [3.8, 4) is 0 Å². The summed E-state index contributed by atoms with van der Waals surface area (Å²) in [6.45, 7) is 0.682. The number of amides is 1. The monoisotopic (exact) mass is 267 g/mol. The van der Waals surface area contributed by atoms with Gasteiger partial charge < -0.3 is 15.2 Å². The number of rotatable bonds is 7. The van der Waals surface area contributed by atoms with Gasteiger partial charge in [0.05, 0.1) is 12.7 Å². The van der Waals surface area contributed by atoms with Crippen molar-refractivity contribution in [1.82, 2.24) is 5.32 Å². The van der Waals surface area contributed by atoms with E-state index in [-0.39, 0.29) is 19.1 Å². The summed E-state index contributed by atoms with van der Waals surface area (Å²) in [5, 5.41) is 12.4. The molecule has 1 amide bonds. The van der Waals surface area contributed by atoms with E-state index in [0.29, 0.717) is 18.1 Å². The molecule has 0 aliphatic heterocycles. The number of aliphatic hydroxyl groups excluding tert-OH is 1. The number of benzene rings is 1. The lowest BCUT2D eigenvalue weighted by Crippen LogP contribution is -2.31. The van der Waals surface area contributed by atoms with Crippen LogP contribution in [0.25, 0.3) is 0 Å². The van der Waals surface area contributed by atoms with E-state index in [0.717, 1.165) is 0 Å². The maximum atomic E-state index is 13.0. The van der Waals surface area contributed by atoms with Crippen LogP contribution in [0, 0.1) is 11.7 Å². The van der Waals surface area contributed by atoms with Crippen LogP contribution in [-0.4, -0.2) is 30.8 Å². The third-order valence-electron chi connectivity index (χ3n) is 3.01. The molecule has 1 aliphatic carbocycles. The number of nitrogens with one attached hydrogen (secondary N) is 1. The van der Waals surface area contributed by atoms with Crippen molar-refractivity contribution in [3.05, 3.63) is 35.6 Å². The Morgan fingerprint density at radius 2 is 2.32 bits per heavy atom. The summed E-state index contributed by atoms with van der Waals surface area (Å²) in [5.41, 5.74) is 0.444. The van der Waals surface area contributed by atoms with Gasteiger partial charge in [-0.05, 0) is 36.5 Å². The molecule has 1 atom stereocenters. The Labute approximate surface area is 111 Å². The molecule has 1 aromatic carbocycles. The highest BCUT2D eigenvalue weighted by Crippen LogP contribution is 2.28. The van der Waals surface area contributed by atoms with Gasteiger partial charge in [0.2, 0.25) is 5.91 Å². The van der Waals surface area contributed by atoms with E-state index in [1.807, 2.05) is 0 Å². The Morgan fingerprint density at radius 1 is 1.53 bits per heavy atom. The van der Waals surface area contributed by atoms with Gasteiger partial charge in [-0.1, -0.05) is 12.1 Å². The third kappa shape index (κ3) is 4.96. The number of aliphatic hydroxyl groups is 1. The van der Waals surface area contributed by atoms with Crippen molar-refractivity contribution in [2.45, 2.75) is 18.9 Å². The summed E-state index contributed by atoms with van der Waals surface area (Å²) in [7, 11) is 0. The second-order valence-electron chi connectivity index (χ2n) is 4.83. The average molecular weight is 267 g/mol. The summed E-state index contributed by atoms with van der Waals surface area (Å²) in [6, 6.07) is 5.69. The summed E-state index contributed by atoms with van der Waals surface area (Å²) in [6.07, 6.45) is 1.45. The Bertz CT molecular complexity index is 434. The Balaban J connectivity index is 1.67. The minimum Gasteiger partial charge on any atom is -0.387 e. The van der Waals surface area contributed by atoms with Gasteiger partial charge in [-0.3, -0.25) is 4.79 Å². The molecule has 1 aliphatic rings. The minimum absolute atomic E-state index is 0.00632. The zero-order valence-corrected chi connectivity index (χ0v) is 10.6. The summed E-state index contributed by atoms with van der Waals surface area (Å²) in [4.78, 5) is 11.4. The van der Waals surface area contributed by atoms with Crippen LogP contribution < -0.4 is 5.32 Å². The quantitative estimate of drug-likeness (QED) is 0.785. The number of carbonyl (C=O) groups excluding carboxylic acids is 1. The van der Waals surface area contributed by atoms with E-state index in [1.165, 1.54) is 31.0 Å². The van der Waals surface area contributed by atoms with Gasteiger partial charge in [0.15, 0.2) is 0 Å². The molecular formula is C14H18FNO3. The smallest absolute Gasteiger partial charge is 0.246 e. The van der Waals surface area contributed by atoms with Gasteiger partial charge in [-0.25, -0.2) is 4.39 Å². The molecule has 2 rings (SSSR count). The molecule has 104 valence electrons. The highest BCUT2D eigenvalue weighted by Gasteiger charge is 2.21. The average Bonchev–Trinajstić information content (AvgIpc) is 3.20. The molecule has 0 heterocycles. The lowest BCUT2D eigenvalue weighted by atomic mass is 10.1. The highest BCUT2D eigenvalue weighted by molar-refractivity contribution is 5.77. The molecule has 0 saturated heterocycles. The van der Waals surface area contributed by atoms with Gasteiger partial charge in [-0.2, -0.15) is 0 Å². The lowest BCUT2D eigenvalue weighted by molar-refractivity contribution is -0.126. The molecule has 0 spiro atoms. The van der Waals surface area contributed by atoms with Crippen LogP contribution in [0.15, 0.2) is 24.3 Å². The van der Waals surface area contributed by atoms with E-state index in [4.69, 9.17) is 4.74 Å². The number of halogens is 1. The fraction of sp³-hybridized carbons (Fsp3) is 0.500. The molecule has 0 radical (unpaired) electrons. The van der Waals surface area contributed by atoms with Gasteiger partial charge in [0.1, 0.15) is 12.4 Å². The highest BCUT2D eigenvalue weighted by atomic mass is 19.1. The molecule has 1 fully saturated rings. The maximum absolute atomic E-state index is 13.0.